The summed E-state index contributed by atoms with van der Waals surface area (Å²) < 4.78 is 2.10. The molecule has 1 unspecified atom stereocenters. The Morgan fingerprint density at radius 2 is 2.29 bits per heavy atom. The van der Waals surface area contributed by atoms with E-state index in [9.17, 15) is 4.79 Å². The molecule has 17 heavy (non-hydrogen) atoms. The Balaban J connectivity index is 2.44. The van der Waals surface area contributed by atoms with Gasteiger partial charge in [0.1, 0.15) is 0 Å². The van der Waals surface area contributed by atoms with Crippen molar-refractivity contribution in [3.05, 3.63) is 30.1 Å². The maximum atomic E-state index is 10.9. The highest BCUT2D eigenvalue weighted by atomic mass is 16.4. The van der Waals surface area contributed by atoms with Crippen LogP contribution in [0.5, 0.6) is 0 Å². The fourth-order valence-corrected chi connectivity index (χ4v) is 2.07. The van der Waals surface area contributed by atoms with Gasteiger partial charge in [0, 0.05) is 6.04 Å². The van der Waals surface area contributed by atoms with Crippen molar-refractivity contribution in [3.63, 3.8) is 0 Å². The Morgan fingerprint density at radius 1 is 1.53 bits per heavy atom. The van der Waals surface area contributed by atoms with E-state index in [2.05, 4.69) is 23.4 Å². The number of carbonyl (C=O) groups is 1. The third-order valence-electron chi connectivity index (χ3n) is 3.00. The molecule has 0 fully saturated rings. The second kappa shape index (κ2) is 4.57. The molecule has 0 bridgehead atoms. The molecule has 0 amide bonds. The van der Waals surface area contributed by atoms with Gasteiger partial charge in [-0.25, -0.2) is 9.78 Å². The zero-order chi connectivity index (χ0) is 12.4. The van der Waals surface area contributed by atoms with E-state index in [1.807, 2.05) is 6.07 Å². The van der Waals surface area contributed by atoms with Crippen LogP contribution in [0.25, 0.3) is 11.0 Å². The number of fused-ring (bicyclic) bond motifs is 1. The van der Waals surface area contributed by atoms with Crippen molar-refractivity contribution in [3.8, 4) is 0 Å². The molecule has 0 aliphatic heterocycles. The van der Waals surface area contributed by atoms with E-state index in [-0.39, 0.29) is 5.56 Å². The lowest BCUT2D eigenvalue weighted by atomic mass is 10.1. The van der Waals surface area contributed by atoms with Crippen LogP contribution in [-0.2, 0) is 0 Å². The number of hydrogen-bond donors (Lipinski definition) is 1. The normalized spacial score (nSPS) is 12.8. The van der Waals surface area contributed by atoms with Gasteiger partial charge in [-0.2, -0.15) is 0 Å². The van der Waals surface area contributed by atoms with Crippen LogP contribution in [0.2, 0.25) is 0 Å². The smallest absolute Gasteiger partial charge is 0.335 e. The van der Waals surface area contributed by atoms with E-state index >= 15 is 0 Å². The van der Waals surface area contributed by atoms with Gasteiger partial charge in [-0.05, 0) is 31.5 Å². The highest BCUT2D eigenvalue weighted by Crippen LogP contribution is 2.21. The second-order valence-electron chi connectivity index (χ2n) is 4.30. The van der Waals surface area contributed by atoms with Crippen molar-refractivity contribution >= 4 is 17.0 Å². The van der Waals surface area contributed by atoms with Crippen LogP contribution in [0, 0.1) is 0 Å². The monoisotopic (exact) mass is 232 g/mol. The quantitative estimate of drug-likeness (QED) is 0.881. The zero-order valence-corrected chi connectivity index (χ0v) is 10.1. The molecular formula is C13H16N2O2. The van der Waals surface area contributed by atoms with Crippen molar-refractivity contribution in [2.75, 3.05) is 0 Å². The number of imidazole rings is 1. The third-order valence-corrected chi connectivity index (χ3v) is 3.00. The number of aromatic nitrogens is 2. The maximum absolute atomic E-state index is 10.9. The Morgan fingerprint density at radius 3 is 2.94 bits per heavy atom. The highest BCUT2D eigenvalue weighted by molar-refractivity contribution is 5.92. The van der Waals surface area contributed by atoms with Gasteiger partial charge >= 0.3 is 5.97 Å². The number of carboxylic acids is 1. The van der Waals surface area contributed by atoms with Crippen LogP contribution < -0.4 is 0 Å². The molecule has 0 aliphatic carbocycles. The topological polar surface area (TPSA) is 55.1 Å². The van der Waals surface area contributed by atoms with Gasteiger partial charge in [-0.3, -0.25) is 0 Å². The van der Waals surface area contributed by atoms with Gasteiger partial charge in [-0.15, -0.1) is 0 Å². The third kappa shape index (κ3) is 2.16. The molecule has 0 aliphatic rings. The molecule has 0 saturated carbocycles. The van der Waals surface area contributed by atoms with Crippen molar-refractivity contribution < 1.29 is 9.90 Å². The van der Waals surface area contributed by atoms with E-state index < -0.39 is 5.97 Å². The Labute approximate surface area is 99.9 Å². The second-order valence-corrected chi connectivity index (χ2v) is 4.30. The summed E-state index contributed by atoms with van der Waals surface area (Å²) in [5.74, 6) is -0.914. The molecule has 0 spiro atoms. The van der Waals surface area contributed by atoms with Crippen LogP contribution in [0.15, 0.2) is 24.5 Å². The molecule has 1 heterocycles. The largest absolute Gasteiger partial charge is 0.478 e. The van der Waals surface area contributed by atoms with Crippen LogP contribution in [-0.4, -0.2) is 20.6 Å². The van der Waals surface area contributed by atoms with Crippen molar-refractivity contribution in [2.45, 2.75) is 32.7 Å². The highest BCUT2D eigenvalue weighted by Gasteiger charge is 2.10. The van der Waals surface area contributed by atoms with Crippen LogP contribution in [0.1, 0.15) is 43.1 Å². The lowest BCUT2D eigenvalue weighted by Gasteiger charge is -2.12. The van der Waals surface area contributed by atoms with Crippen LogP contribution in [0.3, 0.4) is 0 Å². The summed E-state index contributed by atoms with van der Waals surface area (Å²) in [6.45, 7) is 4.30. The SMILES string of the molecule is CCCC(C)n1cnc2cc(C(=O)O)ccc21. The zero-order valence-electron chi connectivity index (χ0n) is 10.1. The van der Waals surface area contributed by atoms with Crippen molar-refractivity contribution in [2.24, 2.45) is 0 Å². The summed E-state index contributed by atoms with van der Waals surface area (Å²) in [6, 6.07) is 5.47. The summed E-state index contributed by atoms with van der Waals surface area (Å²) in [5.41, 5.74) is 2.02. The minimum atomic E-state index is -0.914. The Bertz CT molecular complexity index is 545. The minimum absolute atomic E-state index is 0.283. The number of aromatic carboxylic acids is 1. The summed E-state index contributed by atoms with van der Waals surface area (Å²) in [6.07, 6.45) is 4.00. The summed E-state index contributed by atoms with van der Waals surface area (Å²) in [5, 5.41) is 8.91. The molecule has 1 N–H and O–H groups in total. The summed E-state index contributed by atoms with van der Waals surface area (Å²) in [7, 11) is 0. The summed E-state index contributed by atoms with van der Waals surface area (Å²) >= 11 is 0. The lowest BCUT2D eigenvalue weighted by Crippen LogP contribution is -2.03. The molecule has 1 aromatic carbocycles. The molecule has 0 radical (unpaired) electrons. The van der Waals surface area contributed by atoms with Crippen molar-refractivity contribution in [1.82, 2.24) is 9.55 Å². The van der Waals surface area contributed by atoms with E-state index in [1.165, 1.54) is 0 Å². The van der Waals surface area contributed by atoms with E-state index in [0.717, 1.165) is 23.9 Å². The van der Waals surface area contributed by atoms with Gasteiger partial charge in [0.25, 0.3) is 0 Å². The van der Waals surface area contributed by atoms with E-state index in [1.54, 1.807) is 18.5 Å². The average Bonchev–Trinajstić information content (AvgIpc) is 2.71. The Hall–Kier alpha value is -1.84. The molecule has 2 rings (SSSR count). The fourth-order valence-electron chi connectivity index (χ4n) is 2.07. The van der Waals surface area contributed by atoms with Gasteiger partial charge in [-0.1, -0.05) is 13.3 Å². The Kier molecular flexibility index (Phi) is 3.13. The molecule has 2 aromatic rings. The minimum Gasteiger partial charge on any atom is -0.478 e. The van der Waals surface area contributed by atoms with E-state index in [4.69, 9.17) is 5.11 Å². The van der Waals surface area contributed by atoms with Crippen LogP contribution in [0.4, 0.5) is 0 Å². The number of rotatable bonds is 4. The molecule has 4 heteroatoms. The van der Waals surface area contributed by atoms with Gasteiger partial charge in [0.15, 0.2) is 0 Å². The first-order valence-electron chi connectivity index (χ1n) is 5.83. The maximum Gasteiger partial charge on any atom is 0.335 e. The number of nitrogens with zero attached hydrogens (tertiary/aromatic N) is 2. The summed E-state index contributed by atoms with van der Waals surface area (Å²) in [4.78, 5) is 15.1. The molecule has 1 atom stereocenters. The number of hydrogen-bond acceptors (Lipinski definition) is 2. The first kappa shape index (κ1) is 11.6. The number of benzene rings is 1. The first-order chi connectivity index (χ1) is 8.13. The lowest BCUT2D eigenvalue weighted by molar-refractivity contribution is 0.0697. The number of carboxylic acid groups (broad SMARTS) is 1. The standard InChI is InChI=1S/C13H16N2O2/c1-3-4-9(2)15-8-14-11-7-10(13(16)17)5-6-12(11)15/h5-9H,3-4H2,1-2H3,(H,16,17). The van der Waals surface area contributed by atoms with Gasteiger partial charge < -0.3 is 9.67 Å². The van der Waals surface area contributed by atoms with E-state index in [0.29, 0.717) is 6.04 Å². The van der Waals surface area contributed by atoms with Crippen molar-refractivity contribution in [1.29, 1.82) is 0 Å². The predicted molar refractivity (Wildman–Crippen MR) is 66.3 cm³/mol. The molecular weight excluding hydrogens is 216 g/mol. The van der Waals surface area contributed by atoms with Gasteiger partial charge in [0.2, 0.25) is 0 Å². The van der Waals surface area contributed by atoms with Gasteiger partial charge in [0.05, 0.1) is 22.9 Å². The van der Waals surface area contributed by atoms with Crippen LogP contribution >= 0.6 is 0 Å². The molecule has 90 valence electrons. The fraction of sp³-hybridized carbons (Fsp3) is 0.385. The average molecular weight is 232 g/mol. The molecule has 4 nitrogen and oxygen atoms in total. The molecule has 1 aromatic heterocycles. The molecule has 0 saturated heterocycles. The first-order valence-corrected chi connectivity index (χ1v) is 5.83. The predicted octanol–water partition coefficient (Wildman–Crippen LogP) is 3.10.